The van der Waals surface area contributed by atoms with E-state index in [4.69, 9.17) is 27.9 Å². The minimum Gasteiger partial charge on any atom is -0.478 e. The lowest BCUT2D eigenvalue weighted by Crippen LogP contribution is -2.51. The molecule has 0 bridgehead atoms. The molecule has 0 radical (unpaired) electrons. The van der Waals surface area contributed by atoms with Crippen molar-refractivity contribution in [2.45, 2.75) is 36.1 Å². The first-order valence-electron chi connectivity index (χ1n) is 7.83. The van der Waals surface area contributed by atoms with Gasteiger partial charge < -0.3 is 9.64 Å². The maximum absolute atomic E-state index is 12.7. The first-order chi connectivity index (χ1) is 10.8. The van der Waals surface area contributed by atoms with Gasteiger partial charge in [0, 0.05) is 30.5 Å². The summed E-state index contributed by atoms with van der Waals surface area (Å²) >= 11 is 14.1. The third-order valence-corrected chi connectivity index (χ3v) is 6.07. The van der Waals surface area contributed by atoms with Crippen LogP contribution in [0, 0.1) is 0 Å². The van der Waals surface area contributed by atoms with E-state index in [0.29, 0.717) is 5.75 Å². The van der Waals surface area contributed by atoms with Crippen LogP contribution in [0.5, 0.6) is 5.75 Å². The normalized spacial score (nSPS) is 23.5. The van der Waals surface area contributed by atoms with E-state index in [1.165, 1.54) is 0 Å². The van der Waals surface area contributed by atoms with E-state index in [0.717, 1.165) is 36.6 Å². The van der Waals surface area contributed by atoms with E-state index < -0.39 is 9.93 Å². The Morgan fingerprint density at radius 2 is 1.83 bits per heavy atom. The predicted octanol–water partition coefficient (Wildman–Crippen LogP) is 4.08. The summed E-state index contributed by atoms with van der Waals surface area (Å²) in [4.78, 5) is 14.5. The Kier molecular flexibility index (Phi) is 4.78. The fraction of sp³-hybridized carbons (Fsp3) is 0.588. The van der Waals surface area contributed by atoms with Gasteiger partial charge in [0.25, 0.3) is 5.91 Å². The molecule has 0 unspecified atom stereocenters. The van der Waals surface area contributed by atoms with E-state index in [2.05, 4.69) is 0 Å². The summed E-state index contributed by atoms with van der Waals surface area (Å²) in [6.45, 7) is 5.25. The van der Waals surface area contributed by atoms with E-state index in [9.17, 15) is 4.79 Å². The van der Waals surface area contributed by atoms with Crippen molar-refractivity contribution in [1.29, 1.82) is 0 Å². The first-order valence-corrected chi connectivity index (χ1v) is 9.74. The maximum Gasteiger partial charge on any atom is 0.266 e. The number of hydrogen-bond donors (Lipinski definition) is 0. The molecule has 126 valence electrons. The van der Waals surface area contributed by atoms with Crippen molar-refractivity contribution in [3.05, 3.63) is 29.8 Å². The Morgan fingerprint density at radius 1 is 1.26 bits per heavy atom. The second-order valence-electron chi connectivity index (χ2n) is 6.60. The number of ether oxygens (including phenoxy) is 1. The van der Waals surface area contributed by atoms with Gasteiger partial charge in [-0.15, -0.1) is 23.2 Å². The fourth-order valence-electron chi connectivity index (χ4n) is 2.83. The number of rotatable bonds is 4. The highest BCUT2D eigenvalue weighted by molar-refractivity contribution is 7.99. The smallest absolute Gasteiger partial charge is 0.266 e. The highest BCUT2D eigenvalue weighted by Crippen LogP contribution is 2.59. The van der Waals surface area contributed by atoms with Crippen molar-refractivity contribution >= 4 is 40.9 Å². The number of hydrogen-bond acceptors (Lipinski definition) is 3. The molecule has 23 heavy (non-hydrogen) atoms. The molecule has 1 aromatic carbocycles. The van der Waals surface area contributed by atoms with Gasteiger partial charge in [-0.1, -0.05) is 12.1 Å². The molecule has 1 amide bonds. The zero-order valence-corrected chi connectivity index (χ0v) is 15.7. The van der Waals surface area contributed by atoms with Crippen LogP contribution < -0.4 is 4.74 Å². The molecule has 1 saturated carbocycles. The van der Waals surface area contributed by atoms with Gasteiger partial charge >= 0.3 is 0 Å². The molecule has 2 fully saturated rings. The standard InChI is InChI=1S/C17H21Cl2NO2S/c1-16(2,15(21)20-7-9-23-10-8-20)22-13-5-3-12(4-6-13)14-11-17(14,18)19/h3-6,14H,7-11H2,1-2H3/t14-/m0/s1. The van der Waals surface area contributed by atoms with E-state index in [1.807, 2.05) is 54.8 Å². The van der Waals surface area contributed by atoms with Crippen molar-refractivity contribution in [2.75, 3.05) is 24.6 Å². The highest BCUT2D eigenvalue weighted by Gasteiger charge is 2.52. The molecule has 1 saturated heterocycles. The Hall–Kier alpha value is -0.580. The van der Waals surface area contributed by atoms with Gasteiger partial charge in [-0.05, 0) is 38.0 Å². The van der Waals surface area contributed by atoms with Gasteiger partial charge in [0.15, 0.2) is 5.60 Å². The van der Waals surface area contributed by atoms with Crippen molar-refractivity contribution in [2.24, 2.45) is 0 Å². The fourth-order valence-corrected chi connectivity index (χ4v) is 4.29. The Morgan fingerprint density at radius 3 is 2.35 bits per heavy atom. The summed E-state index contributed by atoms with van der Waals surface area (Å²) in [6, 6.07) is 7.73. The topological polar surface area (TPSA) is 29.5 Å². The zero-order valence-electron chi connectivity index (χ0n) is 13.4. The number of carbonyl (C=O) groups excluding carboxylic acids is 1. The van der Waals surface area contributed by atoms with Gasteiger partial charge in [-0.2, -0.15) is 11.8 Å². The quantitative estimate of drug-likeness (QED) is 0.744. The molecular weight excluding hydrogens is 353 g/mol. The molecule has 0 aromatic heterocycles. The van der Waals surface area contributed by atoms with Crippen LogP contribution in [0.3, 0.4) is 0 Å². The zero-order chi connectivity index (χ0) is 16.7. The van der Waals surface area contributed by atoms with Gasteiger partial charge in [-0.25, -0.2) is 0 Å². The summed E-state index contributed by atoms with van der Waals surface area (Å²) in [7, 11) is 0. The average Bonchev–Trinajstić information content (AvgIpc) is 3.16. The molecule has 1 heterocycles. The van der Waals surface area contributed by atoms with Gasteiger partial charge in [0.05, 0.1) is 0 Å². The Balaban J connectivity index is 1.64. The molecule has 0 N–H and O–H groups in total. The van der Waals surface area contributed by atoms with Crippen molar-refractivity contribution in [3.8, 4) is 5.75 Å². The second kappa shape index (κ2) is 6.38. The summed E-state index contributed by atoms with van der Waals surface area (Å²) in [6.07, 6.45) is 0.785. The number of benzene rings is 1. The van der Waals surface area contributed by atoms with Crippen LogP contribution in [-0.2, 0) is 4.79 Å². The number of nitrogens with zero attached hydrogens (tertiary/aromatic N) is 1. The molecular formula is C17H21Cl2NO2S. The van der Waals surface area contributed by atoms with Crippen molar-refractivity contribution in [3.63, 3.8) is 0 Å². The van der Waals surface area contributed by atoms with Crippen molar-refractivity contribution < 1.29 is 9.53 Å². The van der Waals surface area contributed by atoms with Crippen molar-refractivity contribution in [1.82, 2.24) is 4.90 Å². The number of carbonyl (C=O) groups is 1. The third-order valence-electron chi connectivity index (χ3n) is 4.29. The van der Waals surface area contributed by atoms with Crippen LogP contribution in [0.15, 0.2) is 24.3 Å². The lowest BCUT2D eigenvalue weighted by Gasteiger charge is -2.34. The van der Waals surface area contributed by atoms with E-state index >= 15 is 0 Å². The van der Waals surface area contributed by atoms with Gasteiger partial charge in [0.1, 0.15) is 10.1 Å². The van der Waals surface area contributed by atoms with Crippen LogP contribution in [0.2, 0.25) is 0 Å². The molecule has 1 atom stereocenters. The SMILES string of the molecule is CC(C)(Oc1ccc([C@@H]2CC2(Cl)Cl)cc1)C(=O)N1CCSCC1. The first kappa shape index (κ1) is 17.2. The largest absolute Gasteiger partial charge is 0.478 e. The van der Waals surface area contributed by atoms with Gasteiger partial charge in [0.2, 0.25) is 0 Å². The van der Waals surface area contributed by atoms with Crippen LogP contribution >= 0.6 is 35.0 Å². The van der Waals surface area contributed by atoms with E-state index in [-0.39, 0.29) is 11.8 Å². The van der Waals surface area contributed by atoms with Crippen LogP contribution in [0.4, 0.5) is 0 Å². The summed E-state index contributed by atoms with van der Waals surface area (Å²) in [5.74, 6) is 2.92. The molecule has 1 aromatic rings. The molecule has 3 nitrogen and oxygen atoms in total. The molecule has 1 aliphatic heterocycles. The average molecular weight is 374 g/mol. The lowest BCUT2D eigenvalue weighted by atomic mass is 10.1. The number of amides is 1. The monoisotopic (exact) mass is 373 g/mol. The molecule has 2 aliphatic rings. The van der Waals surface area contributed by atoms with Gasteiger partial charge in [-0.3, -0.25) is 4.79 Å². The minimum absolute atomic E-state index is 0.0459. The maximum atomic E-state index is 12.7. The third kappa shape index (κ3) is 3.92. The summed E-state index contributed by atoms with van der Waals surface area (Å²) in [5.41, 5.74) is 0.241. The number of halogens is 2. The van der Waals surface area contributed by atoms with Crippen LogP contribution in [-0.4, -0.2) is 45.3 Å². The highest BCUT2D eigenvalue weighted by atomic mass is 35.5. The van der Waals surface area contributed by atoms with Crippen LogP contribution in [0.25, 0.3) is 0 Å². The van der Waals surface area contributed by atoms with Crippen LogP contribution in [0.1, 0.15) is 31.7 Å². The minimum atomic E-state index is -0.869. The number of alkyl halides is 2. The second-order valence-corrected chi connectivity index (χ2v) is 9.37. The molecule has 3 rings (SSSR count). The predicted molar refractivity (Wildman–Crippen MR) is 96.8 cm³/mol. The Labute approximate surface area is 151 Å². The van der Waals surface area contributed by atoms with E-state index in [1.54, 1.807) is 0 Å². The molecule has 1 aliphatic carbocycles. The Bertz CT molecular complexity index is 583. The number of thioether (sulfide) groups is 1. The molecule has 6 heteroatoms. The lowest BCUT2D eigenvalue weighted by molar-refractivity contribution is -0.145. The molecule has 0 spiro atoms. The summed E-state index contributed by atoms with van der Waals surface area (Å²) in [5, 5.41) is 0. The summed E-state index contributed by atoms with van der Waals surface area (Å²) < 4.78 is 5.34.